The number of sulfonamides is 1. The van der Waals surface area contributed by atoms with Crippen molar-refractivity contribution in [3.63, 3.8) is 0 Å². The number of halogens is 2. The van der Waals surface area contributed by atoms with Crippen molar-refractivity contribution in [1.29, 1.82) is 0 Å². The first-order valence-electron chi connectivity index (χ1n) is 6.19. The Kier molecular flexibility index (Phi) is 4.13. The van der Waals surface area contributed by atoms with Crippen molar-refractivity contribution < 1.29 is 17.2 Å². The lowest BCUT2D eigenvalue weighted by molar-refractivity contribution is 0.553. The van der Waals surface area contributed by atoms with E-state index in [1.165, 1.54) is 0 Å². The highest BCUT2D eigenvalue weighted by Crippen LogP contribution is 2.23. The number of nitrogens with two attached hydrogens (primary N) is 1. The van der Waals surface area contributed by atoms with Crippen molar-refractivity contribution in [3.05, 3.63) is 53.6 Å². The predicted octanol–water partition coefficient (Wildman–Crippen LogP) is 2.91. The van der Waals surface area contributed by atoms with Crippen LogP contribution < -0.4 is 10.5 Å². The SMILES string of the molecule is CCc1cccc(NS(=O)(=O)c2cc(N)c(F)cc2F)c1. The molecule has 7 heteroatoms. The van der Waals surface area contributed by atoms with Gasteiger partial charge < -0.3 is 5.73 Å². The lowest BCUT2D eigenvalue weighted by atomic mass is 10.1. The third-order valence-corrected chi connectivity index (χ3v) is 4.32. The van der Waals surface area contributed by atoms with Gasteiger partial charge in [-0.25, -0.2) is 17.2 Å². The molecule has 0 aliphatic carbocycles. The summed E-state index contributed by atoms with van der Waals surface area (Å²) in [5.41, 5.74) is 6.09. The van der Waals surface area contributed by atoms with Gasteiger partial charge in [-0.15, -0.1) is 0 Å². The van der Waals surface area contributed by atoms with E-state index in [2.05, 4.69) is 4.72 Å². The van der Waals surface area contributed by atoms with Gasteiger partial charge in [0.1, 0.15) is 16.5 Å². The maximum atomic E-state index is 13.7. The molecule has 2 rings (SSSR count). The largest absolute Gasteiger partial charge is 0.396 e. The van der Waals surface area contributed by atoms with Gasteiger partial charge in [0.15, 0.2) is 0 Å². The number of hydrogen-bond donors (Lipinski definition) is 2. The number of nitrogens with one attached hydrogen (secondary N) is 1. The van der Waals surface area contributed by atoms with E-state index in [1.807, 2.05) is 13.0 Å². The zero-order valence-electron chi connectivity index (χ0n) is 11.2. The lowest BCUT2D eigenvalue weighted by Crippen LogP contribution is -2.15. The minimum absolute atomic E-state index is 0.302. The van der Waals surface area contributed by atoms with Gasteiger partial charge in [-0.3, -0.25) is 4.72 Å². The molecule has 0 bridgehead atoms. The Morgan fingerprint density at radius 3 is 2.52 bits per heavy atom. The van der Waals surface area contributed by atoms with E-state index in [0.717, 1.165) is 18.1 Å². The summed E-state index contributed by atoms with van der Waals surface area (Å²) in [4.78, 5) is -0.691. The number of nitrogen functional groups attached to an aromatic ring is 1. The van der Waals surface area contributed by atoms with Gasteiger partial charge in [-0.1, -0.05) is 19.1 Å². The molecule has 0 amide bonds. The minimum atomic E-state index is -4.18. The molecule has 2 aromatic carbocycles. The van der Waals surface area contributed by atoms with Gasteiger partial charge in [0.2, 0.25) is 0 Å². The van der Waals surface area contributed by atoms with Crippen LogP contribution in [-0.2, 0) is 16.4 Å². The third-order valence-electron chi connectivity index (χ3n) is 2.93. The van der Waals surface area contributed by atoms with Crippen molar-refractivity contribution in [2.45, 2.75) is 18.2 Å². The van der Waals surface area contributed by atoms with E-state index in [9.17, 15) is 17.2 Å². The second-order valence-corrected chi connectivity index (χ2v) is 6.11. The fraction of sp³-hybridized carbons (Fsp3) is 0.143. The van der Waals surface area contributed by atoms with Crippen LogP contribution in [0.5, 0.6) is 0 Å². The van der Waals surface area contributed by atoms with Crippen LogP contribution in [0, 0.1) is 11.6 Å². The maximum Gasteiger partial charge on any atom is 0.264 e. The van der Waals surface area contributed by atoms with Gasteiger partial charge >= 0.3 is 0 Å². The van der Waals surface area contributed by atoms with E-state index in [1.54, 1.807) is 18.2 Å². The number of rotatable bonds is 4. The van der Waals surface area contributed by atoms with Crippen molar-refractivity contribution >= 4 is 21.4 Å². The molecule has 0 fully saturated rings. The molecule has 4 nitrogen and oxygen atoms in total. The molecule has 0 heterocycles. The molecule has 0 spiro atoms. The highest BCUT2D eigenvalue weighted by Gasteiger charge is 2.21. The summed E-state index contributed by atoms with van der Waals surface area (Å²) >= 11 is 0. The predicted molar refractivity (Wildman–Crippen MR) is 77.4 cm³/mol. The van der Waals surface area contributed by atoms with Crippen molar-refractivity contribution in [2.24, 2.45) is 0 Å². The van der Waals surface area contributed by atoms with E-state index >= 15 is 0 Å². The maximum absolute atomic E-state index is 13.7. The van der Waals surface area contributed by atoms with Crippen LogP contribution in [0.15, 0.2) is 41.3 Å². The van der Waals surface area contributed by atoms with Gasteiger partial charge in [0.25, 0.3) is 10.0 Å². The Balaban J connectivity index is 2.40. The Bertz CT molecular complexity index is 777. The summed E-state index contributed by atoms with van der Waals surface area (Å²) in [7, 11) is -4.18. The van der Waals surface area contributed by atoms with Gasteiger partial charge in [0, 0.05) is 11.8 Å². The molecule has 0 saturated heterocycles. The van der Waals surface area contributed by atoms with Crippen LogP contribution in [0.1, 0.15) is 12.5 Å². The zero-order chi connectivity index (χ0) is 15.6. The molecule has 0 radical (unpaired) electrons. The Morgan fingerprint density at radius 1 is 1.14 bits per heavy atom. The molecule has 0 unspecified atom stereocenters. The molecule has 2 aromatic rings. The number of aryl methyl sites for hydroxylation is 1. The second-order valence-electron chi connectivity index (χ2n) is 4.46. The average molecular weight is 312 g/mol. The topological polar surface area (TPSA) is 72.2 Å². The summed E-state index contributed by atoms with van der Waals surface area (Å²) < 4.78 is 53.3. The van der Waals surface area contributed by atoms with E-state index in [-0.39, 0.29) is 0 Å². The van der Waals surface area contributed by atoms with E-state index in [4.69, 9.17) is 5.73 Å². The average Bonchev–Trinajstić information content (AvgIpc) is 2.42. The number of hydrogen-bond acceptors (Lipinski definition) is 3. The first kappa shape index (κ1) is 15.2. The van der Waals surface area contributed by atoms with Crippen molar-refractivity contribution in [1.82, 2.24) is 0 Å². The van der Waals surface area contributed by atoms with E-state index < -0.39 is 32.2 Å². The molecule has 0 aromatic heterocycles. The molecule has 21 heavy (non-hydrogen) atoms. The highest BCUT2D eigenvalue weighted by atomic mass is 32.2. The molecule has 0 aliphatic heterocycles. The Morgan fingerprint density at radius 2 is 1.86 bits per heavy atom. The second kappa shape index (κ2) is 5.69. The first-order chi connectivity index (χ1) is 9.83. The molecule has 3 N–H and O–H groups in total. The van der Waals surface area contributed by atoms with Crippen molar-refractivity contribution in [3.8, 4) is 0 Å². The van der Waals surface area contributed by atoms with Gasteiger partial charge in [-0.05, 0) is 30.2 Å². The molecular weight excluding hydrogens is 298 g/mol. The minimum Gasteiger partial charge on any atom is -0.396 e. The fourth-order valence-corrected chi connectivity index (χ4v) is 2.96. The van der Waals surface area contributed by atoms with Crippen LogP contribution >= 0.6 is 0 Å². The summed E-state index contributed by atoms with van der Waals surface area (Å²) in [6.45, 7) is 1.92. The summed E-state index contributed by atoms with van der Waals surface area (Å²) in [5.74, 6) is -2.19. The monoisotopic (exact) mass is 312 g/mol. The number of benzene rings is 2. The molecule has 0 saturated carbocycles. The third kappa shape index (κ3) is 3.30. The van der Waals surface area contributed by atoms with Crippen LogP contribution in [0.4, 0.5) is 20.2 Å². The highest BCUT2D eigenvalue weighted by molar-refractivity contribution is 7.92. The molecule has 0 aliphatic rings. The fourth-order valence-electron chi connectivity index (χ4n) is 1.82. The normalized spacial score (nSPS) is 11.4. The van der Waals surface area contributed by atoms with Crippen LogP contribution in [0.3, 0.4) is 0 Å². The first-order valence-corrected chi connectivity index (χ1v) is 7.68. The van der Waals surface area contributed by atoms with Crippen LogP contribution in [-0.4, -0.2) is 8.42 Å². The number of anilines is 2. The molecule has 112 valence electrons. The van der Waals surface area contributed by atoms with Crippen LogP contribution in [0.25, 0.3) is 0 Å². The van der Waals surface area contributed by atoms with Crippen molar-refractivity contribution in [2.75, 3.05) is 10.5 Å². The Labute approximate surface area is 121 Å². The van der Waals surface area contributed by atoms with Crippen LogP contribution in [0.2, 0.25) is 0 Å². The van der Waals surface area contributed by atoms with E-state index in [0.29, 0.717) is 11.8 Å². The van der Waals surface area contributed by atoms with Gasteiger partial charge in [0.05, 0.1) is 5.69 Å². The van der Waals surface area contributed by atoms with Gasteiger partial charge in [-0.2, -0.15) is 0 Å². The Hall–Kier alpha value is -2.15. The molecule has 0 atom stereocenters. The zero-order valence-corrected chi connectivity index (χ0v) is 12.0. The smallest absolute Gasteiger partial charge is 0.264 e. The quantitative estimate of drug-likeness (QED) is 0.853. The molecular formula is C14H14F2N2O2S. The summed E-state index contributed by atoms with van der Waals surface area (Å²) in [6, 6.07) is 7.92. The summed E-state index contributed by atoms with van der Waals surface area (Å²) in [5, 5.41) is 0. The summed E-state index contributed by atoms with van der Waals surface area (Å²) in [6.07, 6.45) is 0.730. The lowest BCUT2D eigenvalue weighted by Gasteiger charge is -2.10. The standard InChI is InChI=1S/C14H14F2N2O2S/c1-2-9-4-3-5-10(6-9)18-21(19,20)14-8-13(17)11(15)7-12(14)16/h3-8,18H,2,17H2,1H3.